The average molecular weight is 531 g/mol. The quantitative estimate of drug-likeness (QED) is 0.236. The van der Waals surface area contributed by atoms with Crippen LogP contribution in [0.5, 0.6) is 0 Å². The first-order chi connectivity index (χ1) is 13.9. The van der Waals surface area contributed by atoms with Crippen LogP contribution in [0.2, 0.25) is 0 Å². The van der Waals surface area contributed by atoms with Gasteiger partial charge in [0.25, 0.3) is 5.56 Å². The van der Waals surface area contributed by atoms with Crippen molar-refractivity contribution in [3.63, 3.8) is 0 Å². The Kier molecular flexibility index (Phi) is 7.66. The highest BCUT2D eigenvalue weighted by molar-refractivity contribution is 8.08. The Labute approximate surface area is 176 Å². The summed E-state index contributed by atoms with van der Waals surface area (Å²) in [5, 5.41) is -5.55. The van der Waals surface area contributed by atoms with Crippen molar-refractivity contribution in [3.05, 3.63) is 32.6 Å². The van der Waals surface area contributed by atoms with Crippen molar-refractivity contribution >= 4 is 33.7 Å². The molecule has 0 aliphatic carbocycles. The van der Waals surface area contributed by atoms with Gasteiger partial charge in [0, 0.05) is 24.2 Å². The molecule has 1 aliphatic rings. The van der Waals surface area contributed by atoms with E-state index in [4.69, 9.17) is 20.3 Å². The fourth-order valence-corrected chi connectivity index (χ4v) is 7.11. The Morgan fingerprint density at radius 1 is 1.35 bits per heavy atom. The molecule has 7 N–H and O–H groups in total. The van der Waals surface area contributed by atoms with E-state index in [1.807, 2.05) is 0 Å². The predicted molar refractivity (Wildman–Crippen MR) is 103 cm³/mol. The second-order valence-corrected chi connectivity index (χ2v) is 13.3. The topological polar surface area (TPSA) is 224 Å². The van der Waals surface area contributed by atoms with Gasteiger partial charge in [-0.2, -0.15) is 8.78 Å². The minimum Gasteiger partial charge on any atom is -0.351 e. The van der Waals surface area contributed by atoms with E-state index in [-0.39, 0.29) is 12.0 Å². The van der Waals surface area contributed by atoms with Gasteiger partial charge in [-0.1, -0.05) is 0 Å². The number of nitrogens with zero attached hydrogens (tertiary/aromatic N) is 1. The molecule has 5 atom stereocenters. The van der Waals surface area contributed by atoms with E-state index in [1.165, 1.54) is 13.1 Å². The maximum atomic E-state index is 13.5. The monoisotopic (exact) mass is 531 g/mol. The molecule has 31 heavy (non-hydrogen) atoms. The Hall–Kier alpha value is -0.670. The Morgan fingerprint density at radius 2 is 1.94 bits per heavy atom. The number of rotatable bonds is 8. The van der Waals surface area contributed by atoms with Gasteiger partial charge in [-0.3, -0.25) is 23.5 Å². The van der Waals surface area contributed by atoms with Crippen LogP contribution in [-0.2, 0) is 34.5 Å². The molecule has 14 nitrogen and oxygen atoms in total. The van der Waals surface area contributed by atoms with Crippen molar-refractivity contribution in [3.8, 4) is 0 Å². The number of hydrogen-bond donors (Lipinski definition) is 6. The highest BCUT2D eigenvalue weighted by atomic mass is 32.5. The fourth-order valence-electron chi connectivity index (χ4n) is 2.43. The van der Waals surface area contributed by atoms with Crippen LogP contribution in [0.1, 0.15) is 18.2 Å². The number of hydrogen-bond acceptors (Lipinski definition) is 9. The number of H-pyrrole nitrogens is 1. The molecule has 0 saturated carbocycles. The second-order valence-electron chi connectivity index (χ2n) is 6.43. The zero-order valence-electron chi connectivity index (χ0n) is 15.4. The van der Waals surface area contributed by atoms with Crippen molar-refractivity contribution in [1.29, 1.82) is 0 Å². The van der Waals surface area contributed by atoms with E-state index in [0.717, 1.165) is 4.57 Å². The molecular weight excluding hydrogens is 513 g/mol. The largest absolute Gasteiger partial charge is 0.444 e. The molecule has 1 aromatic rings. The zero-order valence-corrected chi connectivity index (χ0v) is 18.9. The lowest BCUT2D eigenvalue weighted by Crippen LogP contribution is -2.33. The van der Waals surface area contributed by atoms with Gasteiger partial charge in [0.1, 0.15) is 6.23 Å². The molecule has 1 aromatic heterocycles. The molecule has 1 aliphatic heterocycles. The van der Waals surface area contributed by atoms with E-state index < -0.39 is 63.5 Å². The molecule has 2 heterocycles. The normalized spacial score (nSPS) is 26.4. The SMILES string of the molecule is Cc1cn([C@H]2C[C@H](N)[C@@H](COP(O)(=S)OP(=O)(O)C(F)(F)P(=O)(O)O)O2)c(=O)[nH]c1=O. The van der Waals surface area contributed by atoms with Gasteiger partial charge < -0.3 is 34.6 Å². The van der Waals surface area contributed by atoms with Crippen LogP contribution in [-0.4, -0.2) is 53.3 Å². The number of nitrogens with two attached hydrogens (primary N) is 1. The van der Waals surface area contributed by atoms with E-state index in [0.29, 0.717) is 0 Å². The molecule has 2 unspecified atom stereocenters. The molecule has 20 heteroatoms. The fraction of sp³-hybridized carbons (Fsp3) is 0.636. The summed E-state index contributed by atoms with van der Waals surface area (Å²) in [6, 6.07) is -0.850. The summed E-state index contributed by atoms with van der Waals surface area (Å²) in [6.45, 7) is -4.24. The summed E-state index contributed by atoms with van der Waals surface area (Å²) < 4.78 is 64.3. The van der Waals surface area contributed by atoms with E-state index in [1.54, 1.807) is 0 Å². The number of aromatic amines is 1. The second kappa shape index (κ2) is 8.93. The van der Waals surface area contributed by atoms with Crippen molar-refractivity contribution < 1.29 is 51.1 Å². The molecule has 0 amide bonds. The molecular formula is C11H18F2N3O11P3S. The van der Waals surface area contributed by atoms with Crippen molar-refractivity contribution in [2.75, 3.05) is 6.61 Å². The lowest BCUT2D eigenvalue weighted by Gasteiger charge is -2.26. The first kappa shape index (κ1) is 26.6. The van der Waals surface area contributed by atoms with Crippen LogP contribution >= 0.6 is 21.9 Å². The minimum absolute atomic E-state index is 0.0172. The lowest BCUT2D eigenvalue weighted by molar-refractivity contribution is -0.0243. The van der Waals surface area contributed by atoms with Gasteiger partial charge in [0.15, 0.2) is 0 Å². The van der Waals surface area contributed by atoms with Crippen LogP contribution in [0, 0.1) is 6.92 Å². The third-order valence-corrected chi connectivity index (χ3v) is 10.1. The molecule has 0 aromatic carbocycles. The van der Waals surface area contributed by atoms with Crippen molar-refractivity contribution in [2.45, 2.75) is 37.1 Å². The number of aryl methyl sites for hydroxylation is 1. The minimum atomic E-state index is -6.47. The van der Waals surface area contributed by atoms with Gasteiger partial charge in [-0.25, -0.2) is 9.11 Å². The summed E-state index contributed by atoms with van der Waals surface area (Å²) in [7, 11) is -12.9. The van der Waals surface area contributed by atoms with Crippen LogP contribution in [0.15, 0.2) is 15.8 Å². The number of aromatic nitrogens is 2. The Balaban J connectivity index is 2.09. The maximum absolute atomic E-state index is 13.5. The summed E-state index contributed by atoms with van der Waals surface area (Å²) in [5.74, 6) is 0. The molecule has 1 fully saturated rings. The summed E-state index contributed by atoms with van der Waals surface area (Å²) in [5.41, 5.74) is 4.63. The first-order valence-electron chi connectivity index (χ1n) is 8.06. The van der Waals surface area contributed by atoms with E-state index in [9.17, 15) is 37.3 Å². The Bertz CT molecular complexity index is 1100. The molecule has 178 valence electrons. The number of ether oxygens (including phenoxy) is 1. The smallest absolute Gasteiger partial charge is 0.351 e. The summed E-state index contributed by atoms with van der Waals surface area (Å²) >= 11 is 4.34. The third-order valence-electron chi connectivity index (χ3n) is 4.05. The maximum Gasteiger partial charge on any atom is 0.444 e. The van der Waals surface area contributed by atoms with E-state index in [2.05, 4.69) is 25.6 Å². The first-order valence-corrected chi connectivity index (χ1v) is 13.8. The molecule has 2 rings (SSSR count). The van der Waals surface area contributed by atoms with Crippen LogP contribution < -0.4 is 17.0 Å². The van der Waals surface area contributed by atoms with E-state index >= 15 is 0 Å². The standard InChI is InChI=1S/C11H18F2N3O11P3S/c1-5-3-16(10(18)15-9(5)17)8-2-6(14)7(26-8)4-25-30(24,31)27-29(22,23)11(12,13)28(19,20)21/h3,6-8H,2,4,14H2,1H3,(H,22,23)(H,24,31)(H,15,17,18)(H2,19,20,21)/t6-,7+,8+,30?/m0/s1. The number of alkyl halides is 2. The number of halogens is 2. The van der Waals surface area contributed by atoms with Gasteiger partial charge in [-0.15, -0.1) is 0 Å². The van der Waals surface area contributed by atoms with Crippen LogP contribution in [0.25, 0.3) is 0 Å². The van der Waals surface area contributed by atoms with Gasteiger partial charge in [0.05, 0.1) is 12.7 Å². The summed E-state index contributed by atoms with van der Waals surface area (Å²) in [4.78, 5) is 61.5. The predicted octanol–water partition coefficient (Wildman–Crippen LogP) is -0.377. The Morgan fingerprint density at radius 3 is 2.48 bits per heavy atom. The zero-order chi connectivity index (χ0) is 24.0. The van der Waals surface area contributed by atoms with Crippen molar-refractivity contribution in [1.82, 2.24) is 9.55 Å². The number of nitrogens with one attached hydrogen (secondary N) is 1. The third kappa shape index (κ3) is 5.82. The molecule has 1 saturated heterocycles. The van der Waals surface area contributed by atoms with Gasteiger partial charge in [-0.05, 0) is 18.7 Å². The molecule has 0 bridgehead atoms. The summed E-state index contributed by atoms with van der Waals surface area (Å²) in [6.07, 6.45) is -0.855. The lowest BCUT2D eigenvalue weighted by atomic mass is 10.1. The molecule has 0 spiro atoms. The highest BCUT2D eigenvalue weighted by Gasteiger charge is 2.66. The van der Waals surface area contributed by atoms with Gasteiger partial charge in [0.2, 0.25) is 0 Å². The molecule has 0 radical (unpaired) electrons. The van der Waals surface area contributed by atoms with Crippen molar-refractivity contribution in [2.24, 2.45) is 5.73 Å². The van der Waals surface area contributed by atoms with Crippen LogP contribution in [0.3, 0.4) is 0 Å². The highest BCUT2D eigenvalue weighted by Crippen LogP contribution is 2.77. The van der Waals surface area contributed by atoms with Crippen LogP contribution in [0.4, 0.5) is 8.78 Å². The van der Waals surface area contributed by atoms with Gasteiger partial charge >= 0.3 is 33.0 Å². The average Bonchev–Trinajstić information content (AvgIpc) is 2.95.